The van der Waals surface area contributed by atoms with Crippen LogP contribution >= 0.6 is 34.9 Å². The van der Waals surface area contributed by atoms with Crippen molar-refractivity contribution in [3.8, 4) is 0 Å². The molecule has 6 heteroatoms. The van der Waals surface area contributed by atoms with Gasteiger partial charge in [0.25, 0.3) is 0 Å². The topological polar surface area (TPSA) is 0 Å². The summed E-state index contributed by atoms with van der Waals surface area (Å²) in [5, 5.41) is 0. The van der Waals surface area contributed by atoms with E-state index < -0.39 is 6.51 Å². The van der Waals surface area contributed by atoms with Crippen LogP contribution in [0.5, 0.6) is 0 Å². The van der Waals surface area contributed by atoms with Crippen LogP contribution in [0.4, 0.5) is 0 Å². The van der Waals surface area contributed by atoms with Gasteiger partial charge in [-0.1, -0.05) is 0 Å². The summed E-state index contributed by atoms with van der Waals surface area (Å²) in [6.07, 6.45) is 33.4. The van der Waals surface area contributed by atoms with Gasteiger partial charge in [-0.3, -0.25) is 0 Å². The number of fused-ring (bicyclic) bond motifs is 10. The Morgan fingerprint density at radius 1 is 0.425 bits per heavy atom. The molecule has 1 spiro atoms. The third-order valence-electron chi connectivity index (χ3n) is 23.3. The van der Waals surface area contributed by atoms with E-state index in [0.29, 0.717) is 15.8 Å². The molecule has 0 nitrogen and oxygen atoms in total. The molecule has 10 heterocycles. The van der Waals surface area contributed by atoms with Gasteiger partial charge in [0.05, 0.1) is 0 Å². The van der Waals surface area contributed by atoms with Crippen molar-refractivity contribution in [2.75, 3.05) is 0 Å². The Labute approximate surface area is 253 Å². The predicted octanol–water partition coefficient (Wildman–Crippen LogP) is 12.9. The molecule has 0 bridgehead atoms. The summed E-state index contributed by atoms with van der Waals surface area (Å²) < 4.78 is 2.48. The third-order valence-corrected chi connectivity index (χ3v) is 82.6. The van der Waals surface area contributed by atoms with E-state index in [2.05, 4.69) is 0 Å². The SMILES string of the molecule is C1CCC(P(C2CCCCC2)[C]23[CH]4[CH]5[CH]6[C]2(P(C2CCCCC2)C2CCCCC2)[Fe]54632789[CH]3[CH]2[CH]7[CH]8[CH]39)CC1.[Cl][Pd][Cl]. The van der Waals surface area contributed by atoms with Crippen molar-refractivity contribution in [2.24, 2.45) is 0 Å². The first-order chi connectivity index (χ1) is 19.5. The van der Waals surface area contributed by atoms with Crippen molar-refractivity contribution in [1.82, 2.24) is 0 Å². The second kappa shape index (κ2) is 4.57. The standard InChI is InChI=1S/C29H47P2.C5H5.2ClH.Fe.Pd/c1-5-14-24(15-6-1)30(25-16-7-2-8-17-25)28-22-13-23-29(28)31(26-18-9-3-10-19-26)27-20-11-4-12-21-27;1-2-4-5-3-1;;;;/h13,22-27H,1-12,14-21H2;1-5H;2*1H;;/q;;;;;+2/p-2. The Morgan fingerprint density at radius 2 is 0.675 bits per heavy atom. The maximum atomic E-state index is 4.81. The summed E-state index contributed by atoms with van der Waals surface area (Å²) in [7, 11) is 10.4. The number of halogens is 2. The Hall–Kier alpha value is 2.62. The van der Waals surface area contributed by atoms with Crippen molar-refractivity contribution in [3.05, 3.63) is 0 Å². The van der Waals surface area contributed by atoms with Gasteiger partial charge in [-0.15, -0.1) is 0 Å². The molecule has 0 amide bonds. The molecular weight excluding hydrogens is 703 g/mol. The van der Waals surface area contributed by atoms with Gasteiger partial charge in [0, 0.05) is 0 Å². The van der Waals surface area contributed by atoms with Crippen LogP contribution in [0.3, 0.4) is 0 Å². The Bertz CT molecular complexity index is 1380. The summed E-state index contributed by atoms with van der Waals surface area (Å²) in [5.41, 5.74) is 5.16. The summed E-state index contributed by atoms with van der Waals surface area (Å²) in [6.45, 7) is -3.42. The fourth-order valence-electron chi connectivity index (χ4n) is 24.9. The molecule has 40 heavy (non-hydrogen) atoms. The van der Waals surface area contributed by atoms with Crippen LogP contribution in [-0.4, -0.2) is 30.7 Å². The molecule has 4 atom stereocenters. The zero-order valence-corrected chi connectivity index (χ0v) is 30.3. The minimum atomic E-state index is -3.42. The van der Waals surface area contributed by atoms with Crippen LogP contribution in [-0.2, 0) is 22.4 Å². The van der Waals surface area contributed by atoms with Gasteiger partial charge in [-0.2, -0.15) is 0 Å². The van der Waals surface area contributed by atoms with E-state index >= 15 is 0 Å². The normalized spacial score (nSPS) is 70.5. The van der Waals surface area contributed by atoms with Crippen molar-refractivity contribution in [2.45, 2.75) is 198 Å². The molecule has 10 saturated heterocycles. The van der Waals surface area contributed by atoms with Crippen molar-refractivity contribution < 1.29 is 22.4 Å². The second-order valence-electron chi connectivity index (χ2n) is 19.7. The molecule has 0 N–H and O–H groups in total. The van der Waals surface area contributed by atoms with Gasteiger partial charge in [0.1, 0.15) is 0 Å². The summed E-state index contributed by atoms with van der Waals surface area (Å²) in [6, 6.07) is 0. The quantitative estimate of drug-likeness (QED) is 0.187. The van der Waals surface area contributed by atoms with Crippen molar-refractivity contribution in [1.29, 1.82) is 0 Å². The summed E-state index contributed by atoms with van der Waals surface area (Å²) in [4.78, 5) is 12.6. The van der Waals surface area contributed by atoms with E-state index in [4.69, 9.17) is 19.1 Å². The van der Waals surface area contributed by atoms with E-state index in [-0.39, 0.29) is 15.9 Å². The van der Waals surface area contributed by atoms with E-state index in [1.54, 1.807) is 167 Å². The fraction of sp³-hybridized carbons (Fsp3) is 1.00. The molecule has 0 aromatic heterocycles. The summed E-state index contributed by atoms with van der Waals surface area (Å²) in [5.74, 6) is 0. The number of hydrogen-bond donors (Lipinski definition) is 0. The molecular formula is C34H52Cl2FeP2Pd. The first kappa shape index (κ1) is 24.7. The van der Waals surface area contributed by atoms with E-state index in [9.17, 15) is 0 Å². The Balaban J connectivity index is 0.000000621. The maximum absolute atomic E-state index is 4.81. The van der Waals surface area contributed by atoms with Crippen LogP contribution in [0.15, 0.2) is 0 Å². The predicted molar refractivity (Wildman–Crippen MR) is 168 cm³/mol. The molecule has 14 rings (SSSR count). The zero-order valence-electron chi connectivity index (χ0n) is 24.4. The molecule has 0 radical (unpaired) electrons. The number of hydrogen-bond acceptors (Lipinski definition) is 0. The van der Waals surface area contributed by atoms with E-state index in [0.717, 1.165) is 0 Å². The van der Waals surface area contributed by atoms with Gasteiger partial charge in [-0.05, 0) is 0 Å². The van der Waals surface area contributed by atoms with Crippen LogP contribution in [0.2, 0.25) is 38.5 Å². The molecule has 4 aliphatic carbocycles. The molecule has 10 aliphatic heterocycles. The molecule has 4 saturated carbocycles. The second-order valence-corrected chi connectivity index (χ2v) is 52.0. The first-order valence-corrected chi connectivity index (χ1v) is 31.3. The van der Waals surface area contributed by atoms with Gasteiger partial charge in [0.2, 0.25) is 0 Å². The van der Waals surface area contributed by atoms with Gasteiger partial charge in [0.15, 0.2) is 0 Å². The number of rotatable bonds is 6. The molecule has 14 fully saturated rings. The monoisotopic (exact) mass is 754 g/mol. The van der Waals surface area contributed by atoms with Gasteiger partial charge >= 0.3 is 255 Å². The minimum absolute atomic E-state index is 0.106. The van der Waals surface area contributed by atoms with Crippen molar-refractivity contribution in [3.63, 3.8) is 0 Å². The van der Waals surface area contributed by atoms with Crippen LogP contribution in [0.25, 0.3) is 0 Å². The summed E-state index contributed by atoms with van der Waals surface area (Å²) >= 11 is -0.106. The fourth-order valence-corrected chi connectivity index (χ4v) is 136. The van der Waals surface area contributed by atoms with Crippen molar-refractivity contribution >= 4 is 34.9 Å². The average molecular weight is 756 g/mol. The van der Waals surface area contributed by atoms with Gasteiger partial charge in [-0.25, -0.2) is 0 Å². The molecule has 230 valence electrons. The Morgan fingerprint density at radius 3 is 0.875 bits per heavy atom. The van der Waals surface area contributed by atoms with Crippen LogP contribution in [0.1, 0.15) is 128 Å². The molecule has 0 aromatic carbocycles. The molecule has 0 aromatic rings. The van der Waals surface area contributed by atoms with Gasteiger partial charge < -0.3 is 0 Å². The van der Waals surface area contributed by atoms with Crippen LogP contribution in [0, 0.1) is 0 Å². The third kappa shape index (κ3) is 0.760. The zero-order chi connectivity index (χ0) is 26.2. The van der Waals surface area contributed by atoms with E-state index in [1.807, 2.05) is 0 Å². The molecule has 4 unspecified atom stereocenters. The Kier molecular flexibility index (Phi) is 2.83. The van der Waals surface area contributed by atoms with Crippen LogP contribution < -0.4 is 0 Å². The first-order valence-electron chi connectivity index (χ1n) is 18.1. The average Bonchev–Trinajstić information content (AvgIpc) is 3.96. The van der Waals surface area contributed by atoms with E-state index in [1.165, 1.54) is 30.7 Å². The molecule has 14 aliphatic rings.